The predicted molar refractivity (Wildman–Crippen MR) is 120 cm³/mol. The zero-order valence-electron chi connectivity index (χ0n) is 17.4. The molecule has 0 spiro atoms. The SMILES string of the molecule is Cc1ccc(NC(=O)Cc2nc(COC(=O)c3cn(Cc4ccccc4)nn3)cs2)cc1. The number of esters is 1. The van der Waals surface area contributed by atoms with Gasteiger partial charge in [0.25, 0.3) is 0 Å². The van der Waals surface area contributed by atoms with Gasteiger partial charge in [0.05, 0.1) is 24.9 Å². The second kappa shape index (κ2) is 9.97. The lowest BCUT2D eigenvalue weighted by atomic mass is 10.2. The Morgan fingerprint density at radius 3 is 2.66 bits per heavy atom. The smallest absolute Gasteiger partial charge is 0.360 e. The molecule has 0 saturated carbocycles. The van der Waals surface area contributed by atoms with Crippen molar-refractivity contribution in [1.29, 1.82) is 0 Å². The Morgan fingerprint density at radius 1 is 1.09 bits per heavy atom. The number of aryl methyl sites for hydroxylation is 1. The van der Waals surface area contributed by atoms with Gasteiger partial charge in [0.2, 0.25) is 5.91 Å². The van der Waals surface area contributed by atoms with Gasteiger partial charge in [-0.1, -0.05) is 53.2 Å². The van der Waals surface area contributed by atoms with E-state index in [0.717, 1.165) is 16.8 Å². The highest BCUT2D eigenvalue weighted by molar-refractivity contribution is 7.09. The summed E-state index contributed by atoms with van der Waals surface area (Å²) in [5, 5.41) is 13.1. The fourth-order valence-corrected chi connectivity index (χ4v) is 3.71. The molecular weight excluding hydrogens is 426 g/mol. The average Bonchev–Trinajstić information content (AvgIpc) is 3.44. The molecule has 2 aromatic carbocycles. The van der Waals surface area contributed by atoms with Crippen molar-refractivity contribution >= 4 is 28.9 Å². The van der Waals surface area contributed by atoms with Crippen LogP contribution in [0.1, 0.15) is 32.3 Å². The molecule has 0 atom stereocenters. The number of nitrogens with zero attached hydrogens (tertiary/aromatic N) is 4. The van der Waals surface area contributed by atoms with Crippen molar-refractivity contribution < 1.29 is 14.3 Å². The van der Waals surface area contributed by atoms with E-state index in [9.17, 15) is 9.59 Å². The Kier molecular flexibility index (Phi) is 6.66. The summed E-state index contributed by atoms with van der Waals surface area (Å²) in [6.07, 6.45) is 1.71. The maximum atomic E-state index is 12.3. The lowest BCUT2D eigenvalue weighted by molar-refractivity contribution is -0.115. The first-order valence-electron chi connectivity index (χ1n) is 9.96. The minimum absolute atomic E-state index is 0.000456. The monoisotopic (exact) mass is 447 g/mol. The second-order valence-electron chi connectivity index (χ2n) is 7.19. The van der Waals surface area contributed by atoms with Crippen LogP contribution in [0.3, 0.4) is 0 Å². The lowest BCUT2D eigenvalue weighted by Gasteiger charge is -2.04. The van der Waals surface area contributed by atoms with E-state index in [0.29, 0.717) is 17.2 Å². The van der Waals surface area contributed by atoms with Gasteiger partial charge in [0.1, 0.15) is 11.6 Å². The molecule has 0 aliphatic carbocycles. The van der Waals surface area contributed by atoms with Crippen LogP contribution >= 0.6 is 11.3 Å². The van der Waals surface area contributed by atoms with Crippen LogP contribution in [0.25, 0.3) is 0 Å². The Labute approximate surface area is 188 Å². The topological polar surface area (TPSA) is 99.0 Å². The Morgan fingerprint density at radius 2 is 1.88 bits per heavy atom. The van der Waals surface area contributed by atoms with E-state index < -0.39 is 5.97 Å². The van der Waals surface area contributed by atoms with Gasteiger partial charge in [-0.25, -0.2) is 14.5 Å². The Balaban J connectivity index is 1.26. The van der Waals surface area contributed by atoms with Crippen molar-refractivity contribution in [3.05, 3.63) is 93.7 Å². The fraction of sp³-hybridized carbons (Fsp3) is 0.174. The van der Waals surface area contributed by atoms with Gasteiger partial charge in [-0.05, 0) is 24.6 Å². The third kappa shape index (κ3) is 5.86. The van der Waals surface area contributed by atoms with Crippen LogP contribution in [0.5, 0.6) is 0 Å². The number of aromatic nitrogens is 4. The first-order chi connectivity index (χ1) is 15.5. The molecule has 4 aromatic rings. The largest absolute Gasteiger partial charge is 0.454 e. The fourth-order valence-electron chi connectivity index (χ4n) is 2.93. The van der Waals surface area contributed by atoms with E-state index in [4.69, 9.17) is 4.74 Å². The van der Waals surface area contributed by atoms with E-state index in [2.05, 4.69) is 20.6 Å². The second-order valence-corrected chi connectivity index (χ2v) is 8.13. The normalized spacial score (nSPS) is 10.7. The zero-order valence-corrected chi connectivity index (χ0v) is 18.2. The number of hydrogen-bond acceptors (Lipinski definition) is 7. The molecule has 9 heteroatoms. The number of ether oxygens (including phenoxy) is 1. The van der Waals surface area contributed by atoms with Gasteiger partial charge in [0.15, 0.2) is 5.69 Å². The highest BCUT2D eigenvalue weighted by atomic mass is 32.1. The number of carbonyl (C=O) groups is 2. The van der Waals surface area contributed by atoms with Gasteiger partial charge >= 0.3 is 5.97 Å². The number of thiazole rings is 1. The van der Waals surface area contributed by atoms with Gasteiger partial charge in [-0.15, -0.1) is 16.4 Å². The molecular formula is C23H21N5O3S. The first kappa shape index (κ1) is 21.4. The van der Waals surface area contributed by atoms with Gasteiger partial charge in [-0.3, -0.25) is 4.79 Å². The van der Waals surface area contributed by atoms with Gasteiger partial charge in [-0.2, -0.15) is 0 Å². The quantitative estimate of drug-likeness (QED) is 0.414. The third-order valence-corrected chi connectivity index (χ3v) is 5.43. The van der Waals surface area contributed by atoms with Gasteiger partial charge < -0.3 is 10.1 Å². The van der Waals surface area contributed by atoms with E-state index in [1.165, 1.54) is 11.3 Å². The molecule has 0 aliphatic heterocycles. The highest BCUT2D eigenvalue weighted by Crippen LogP contribution is 2.14. The summed E-state index contributed by atoms with van der Waals surface area (Å²) < 4.78 is 6.87. The third-order valence-electron chi connectivity index (χ3n) is 4.53. The summed E-state index contributed by atoms with van der Waals surface area (Å²) in [6, 6.07) is 17.4. The summed E-state index contributed by atoms with van der Waals surface area (Å²) >= 11 is 1.35. The molecule has 8 nitrogen and oxygen atoms in total. The number of rotatable bonds is 8. The molecule has 0 radical (unpaired) electrons. The molecule has 1 N–H and O–H groups in total. The number of anilines is 1. The Hall–Kier alpha value is -3.85. The predicted octanol–water partition coefficient (Wildman–Crippen LogP) is 3.63. The zero-order chi connectivity index (χ0) is 22.3. The van der Waals surface area contributed by atoms with Crippen LogP contribution in [-0.2, 0) is 29.1 Å². The minimum Gasteiger partial charge on any atom is -0.454 e. The standard InChI is InChI=1S/C23H21N5O3S/c1-16-7-9-18(10-8-16)24-21(29)11-22-25-19(15-32-22)14-31-23(30)20-13-28(27-26-20)12-17-5-3-2-4-6-17/h2-10,13,15H,11-12,14H2,1H3,(H,24,29). The van der Waals surface area contributed by atoms with Crippen LogP contribution in [0.4, 0.5) is 5.69 Å². The summed E-state index contributed by atoms with van der Waals surface area (Å²) in [5.41, 5.74) is 3.64. The average molecular weight is 448 g/mol. The number of benzene rings is 2. The van der Waals surface area contributed by atoms with E-state index in [1.54, 1.807) is 16.3 Å². The van der Waals surface area contributed by atoms with Gasteiger partial charge in [0, 0.05) is 11.1 Å². The van der Waals surface area contributed by atoms with E-state index >= 15 is 0 Å². The first-order valence-corrected chi connectivity index (χ1v) is 10.8. The van der Waals surface area contributed by atoms with E-state index in [-0.39, 0.29) is 24.6 Å². The highest BCUT2D eigenvalue weighted by Gasteiger charge is 2.14. The summed E-state index contributed by atoms with van der Waals surface area (Å²) in [6.45, 7) is 2.50. The van der Waals surface area contributed by atoms with Crippen molar-refractivity contribution in [3.8, 4) is 0 Å². The summed E-state index contributed by atoms with van der Waals surface area (Å²) in [7, 11) is 0. The van der Waals surface area contributed by atoms with Crippen molar-refractivity contribution in [2.24, 2.45) is 0 Å². The van der Waals surface area contributed by atoms with E-state index in [1.807, 2.05) is 61.5 Å². The summed E-state index contributed by atoms with van der Waals surface area (Å²) in [5.74, 6) is -0.724. The molecule has 2 aromatic heterocycles. The van der Waals surface area contributed by atoms with Crippen molar-refractivity contribution in [1.82, 2.24) is 20.0 Å². The minimum atomic E-state index is -0.573. The van der Waals surface area contributed by atoms with Crippen molar-refractivity contribution in [2.75, 3.05) is 5.32 Å². The number of carbonyl (C=O) groups excluding carboxylic acids is 2. The molecule has 0 aliphatic rings. The number of hydrogen-bond donors (Lipinski definition) is 1. The summed E-state index contributed by atoms with van der Waals surface area (Å²) in [4.78, 5) is 28.9. The van der Waals surface area contributed by atoms with Crippen LogP contribution in [0, 0.1) is 6.92 Å². The number of nitrogens with one attached hydrogen (secondary N) is 1. The maximum Gasteiger partial charge on any atom is 0.360 e. The molecule has 162 valence electrons. The molecule has 0 fully saturated rings. The van der Waals surface area contributed by atoms with Crippen LogP contribution in [0.15, 0.2) is 66.2 Å². The molecule has 0 unspecified atom stereocenters. The van der Waals surface area contributed by atoms with Crippen molar-refractivity contribution in [2.45, 2.75) is 26.5 Å². The van der Waals surface area contributed by atoms with Crippen molar-refractivity contribution in [3.63, 3.8) is 0 Å². The molecule has 4 rings (SSSR count). The molecule has 0 saturated heterocycles. The molecule has 0 bridgehead atoms. The Bertz CT molecular complexity index is 1200. The molecule has 32 heavy (non-hydrogen) atoms. The van der Waals surface area contributed by atoms with Crippen LogP contribution < -0.4 is 5.32 Å². The maximum absolute atomic E-state index is 12.3. The number of amides is 1. The molecule has 2 heterocycles. The van der Waals surface area contributed by atoms with Crippen LogP contribution in [0.2, 0.25) is 0 Å². The lowest BCUT2D eigenvalue weighted by Crippen LogP contribution is -2.14. The van der Waals surface area contributed by atoms with Crippen LogP contribution in [-0.4, -0.2) is 31.9 Å². The molecule has 1 amide bonds.